The third-order valence-corrected chi connectivity index (χ3v) is 7.20. The van der Waals surface area contributed by atoms with E-state index in [2.05, 4.69) is 28.1 Å². The summed E-state index contributed by atoms with van der Waals surface area (Å²) < 4.78 is 47.3. The molecular formula is C10H18N5O12P3. The first kappa shape index (κ1) is 24.8. The van der Waals surface area contributed by atoms with E-state index in [1.54, 1.807) is 0 Å². The number of hydrogen-bond acceptors (Lipinski definition) is 11. The van der Waals surface area contributed by atoms with Crippen LogP contribution in [-0.2, 0) is 33.4 Å². The maximum Gasteiger partial charge on any atom is 0.492 e. The first-order chi connectivity index (χ1) is 13.7. The van der Waals surface area contributed by atoms with E-state index >= 15 is 0 Å². The van der Waals surface area contributed by atoms with Gasteiger partial charge in [-0.1, -0.05) is 0 Å². The zero-order valence-electron chi connectivity index (χ0n) is 14.8. The van der Waals surface area contributed by atoms with Crippen molar-refractivity contribution in [1.29, 1.82) is 0 Å². The minimum absolute atomic E-state index is 0.00766. The molecule has 17 nitrogen and oxygen atoms in total. The van der Waals surface area contributed by atoms with Gasteiger partial charge in [-0.25, -0.2) is 18.7 Å². The van der Waals surface area contributed by atoms with Crippen LogP contribution in [0.1, 0.15) is 6.42 Å². The zero-order valence-corrected chi connectivity index (χ0v) is 17.5. The van der Waals surface area contributed by atoms with Crippen LogP contribution in [0.25, 0.3) is 11.2 Å². The van der Waals surface area contributed by atoms with Crippen LogP contribution in [-0.4, -0.2) is 57.4 Å². The number of nitrogens with two attached hydrogens (primary N) is 1. The molecule has 0 aliphatic rings. The molecule has 2 heterocycles. The molecule has 20 heteroatoms. The Morgan fingerprint density at radius 3 is 2.30 bits per heavy atom. The van der Waals surface area contributed by atoms with Crippen LogP contribution < -0.4 is 11.3 Å². The maximum absolute atomic E-state index is 12.1. The van der Waals surface area contributed by atoms with Gasteiger partial charge in [0, 0.05) is 19.1 Å². The Hall–Kier alpha value is -1.48. The Bertz CT molecular complexity index is 1060. The van der Waals surface area contributed by atoms with Gasteiger partial charge in [0.25, 0.3) is 5.56 Å². The number of nitrogen functional groups attached to an aromatic ring is 1. The zero-order chi connectivity index (χ0) is 22.7. The second-order valence-corrected chi connectivity index (χ2v) is 10.2. The number of phosphoric acid groups is 3. The summed E-state index contributed by atoms with van der Waals surface area (Å²) in [6.45, 7) is -1.11. The van der Waals surface area contributed by atoms with E-state index in [9.17, 15) is 23.6 Å². The van der Waals surface area contributed by atoms with Crippen LogP contribution in [0.3, 0.4) is 0 Å². The second kappa shape index (κ2) is 9.34. The molecule has 0 amide bonds. The maximum atomic E-state index is 12.1. The van der Waals surface area contributed by atoms with Crippen LogP contribution in [0.5, 0.6) is 0 Å². The number of rotatable bonds is 11. The number of aliphatic hydroxyl groups is 1. The molecule has 0 spiro atoms. The SMILES string of the molecule is Nc1nc2c(ncn2CC(CO)CCOP(=O)(OP(=O)(O)O)OP(=O)(O)O)c(=O)[nH]1. The molecule has 0 aliphatic heterocycles. The van der Waals surface area contributed by atoms with E-state index in [0.717, 1.165) is 0 Å². The molecule has 30 heavy (non-hydrogen) atoms. The molecule has 0 saturated carbocycles. The number of H-pyrrole nitrogens is 1. The number of imidazole rings is 1. The highest BCUT2D eigenvalue weighted by Gasteiger charge is 2.42. The first-order valence-electron chi connectivity index (χ1n) is 7.81. The van der Waals surface area contributed by atoms with E-state index in [0.29, 0.717) is 0 Å². The van der Waals surface area contributed by atoms with E-state index < -0.39 is 48.2 Å². The minimum atomic E-state index is -5.50. The molecule has 0 saturated heterocycles. The van der Waals surface area contributed by atoms with Crippen LogP contribution in [0, 0.1) is 5.92 Å². The molecule has 1 atom stereocenters. The Balaban J connectivity index is 2.09. The molecule has 0 aromatic carbocycles. The number of nitrogens with one attached hydrogen (secondary N) is 1. The molecule has 170 valence electrons. The van der Waals surface area contributed by atoms with Gasteiger partial charge in [0.15, 0.2) is 11.2 Å². The monoisotopic (exact) mass is 493 g/mol. The number of aromatic nitrogens is 4. The summed E-state index contributed by atoms with van der Waals surface area (Å²) in [6, 6.07) is 0. The van der Waals surface area contributed by atoms with Gasteiger partial charge in [-0.15, -0.1) is 0 Å². The first-order valence-corrected chi connectivity index (χ1v) is 12.3. The second-order valence-electron chi connectivity index (χ2n) is 5.78. The molecule has 0 aliphatic carbocycles. The summed E-state index contributed by atoms with van der Waals surface area (Å²) in [5.41, 5.74) is 5.02. The van der Waals surface area contributed by atoms with E-state index in [4.69, 9.17) is 25.3 Å². The lowest BCUT2D eigenvalue weighted by Crippen LogP contribution is -2.18. The fourth-order valence-electron chi connectivity index (χ4n) is 2.28. The van der Waals surface area contributed by atoms with Crippen molar-refractivity contribution in [2.75, 3.05) is 18.9 Å². The number of anilines is 1. The Morgan fingerprint density at radius 1 is 1.17 bits per heavy atom. The lowest BCUT2D eigenvalue weighted by Gasteiger charge is -2.20. The lowest BCUT2D eigenvalue weighted by atomic mass is 10.1. The van der Waals surface area contributed by atoms with E-state index in [1.165, 1.54) is 10.9 Å². The van der Waals surface area contributed by atoms with Crippen LogP contribution in [0.4, 0.5) is 5.95 Å². The normalized spacial score (nSPS) is 14.3. The Labute approximate surface area is 166 Å². The summed E-state index contributed by atoms with van der Waals surface area (Å²) in [5.74, 6) is -0.827. The van der Waals surface area contributed by atoms with Gasteiger partial charge in [0.05, 0.1) is 12.9 Å². The molecule has 0 bridgehead atoms. The van der Waals surface area contributed by atoms with Gasteiger partial charge >= 0.3 is 23.5 Å². The van der Waals surface area contributed by atoms with Crippen LogP contribution >= 0.6 is 23.5 Å². The third-order valence-electron chi connectivity index (χ3n) is 3.39. The highest BCUT2D eigenvalue weighted by atomic mass is 31.3. The third kappa shape index (κ3) is 7.34. The van der Waals surface area contributed by atoms with Crippen molar-refractivity contribution in [2.24, 2.45) is 5.92 Å². The van der Waals surface area contributed by atoms with Crippen molar-refractivity contribution in [2.45, 2.75) is 13.0 Å². The van der Waals surface area contributed by atoms with Crippen molar-refractivity contribution in [3.05, 3.63) is 16.7 Å². The predicted octanol–water partition coefficient (Wildman–Crippen LogP) is -0.956. The van der Waals surface area contributed by atoms with Gasteiger partial charge in [-0.2, -0.15) is 13.6 Å². The predicted molar refractivity (Wildman–Crippen MR) is 97.6 cm³/mol. The quantitative estimate of drug-likeness (QED) is 0.186. The fraction of sp³-hybridized carbons (Fsp3) is 0.500. The van der Waals surface area contributed by atoms with Crippen molar-refractivity contribution in [1.82, 2.24) is 19.5 Å². The summed E-state index contributed by atoms with van der Waals surface area (Å²) >= 11 is 0. The van der Waals surface area contributed by atoms with Gasteiger partial charge in [-0.05, 0) is 6.42 Å². The summed E-state index contributed by atoms with van der Waals surface area (Å²) in [5, 5.41) is 9.53. The van der Waals surface area contributed by atoms with Crippen molar-refractivity contribution in [3.8, 4) is 0 Å². The fourth-order valence-corrected chi connectivity index (χ4v) is 5.45. The number of aromatic amines is 1. The highest BCUT2D eigenvalue weighted by Crippen LogP contribution is 2.67. The average molecular weight is 493 g/mol. The lowest BCUT2D eigenvalue weighted by molar-refractivity contribution is 0.140. The van der Waals surface area contributed by atoms with Crippen molar-refractivity contribution >= 4 is 40.6 Å². The van der Waals surface area contributed by atoms with Gasteiger partial charge in [0.1, 0.15) is 0 Å². The Morgan fingerprint density at radius 2 is 1.77 bits per heavy atom. The molecule has 2 rings (SSSR count). The molecular weight excluding hydrogens is 475 g/mol. The van der Waals surface area contributed by atoms with Gasteiger partial charge in [-0.3, -0.25) is 14.3 Å². The smallest absolute Gasteiger partial charge is 0.396 e. The van der Waals surface area contributed by atoms with E-state index in [1.807, 2.05) is 0 Å². The van der Waals surface area contributed by atoms with Crippen molar-refractivity contribution in [3.63, 3.8) is 0 Å². The average Bonchev–Trinajstić information content (AvgIpc) is 2.93. The molecule has 0 radical (unpaired) electrons. The Kier molecular flexibility index (Phi) is 7.72. The molecule has 0 fully saturated rings. The molecule has 1 unspecified atom stereocenters. The molecule has 2 aromatic rings. The minimum Gasteiger partial charge on any atom is -0.396 e. The number of fused-ring (bicyclic) bond motifs is 1. The summed E-state index contributed by atoms with van der Waals surface area (Å²) in [7, 11) is -16.3. The van der Waals surface area contributed by atoms with Crippen LogP contribution in [0.15, 0.2) is 11.1 Å². The number of nitrogens with zero attached hydrogens (tertiary/aromatic N) is 3. The van der Waals surface area contributed by atoms with E-state index in [-0.39, 0.29) is 30.1 Å². The van der Waals surface area contributed by atoms with Crippen LogP contribution in [0.2, 0.25) is 0 Å². The van der Waals surface area contributed by atoms with Gasteiger partial charge in [0.2, 0.25) is 5.95 Å². The summed E-state index contributed by atoms with van der Waals surface area (Å²) in [4.78, 5) is 56.8. The standard InChI is InChI=1S/C10H18N5O12P3/c11-10-13-8-7(9(17)14-10)12-5-15(8)3-6(4-16)1-2-25-30(24,26-28(18,19)20)27-29(21,22)23/h5-6,16H,1-4H2,(H2,18,19,20)(H2,21,22,23)(H3,11,13,14,17). The molecule has 8 N–H and O–H groups in total. The number of aliphatic hydroxyl groups excluding tert-OH is 1. The van der Waals surface area contributed by atoms with Crippen molar-refractivity contribution < 1.29 is 51.5 Å². The molecule has 2 aromatic heterocycles. The topological polar surface area (TPSA) is 270 Å². The summed E-state index contributed by atoms with van der Waals surface area (Å²) in [6.07, 6.45) is 1.11. The number of hydrogen-bond donors (Lipinski definition) is 7. The van der Waals surface area contributed by atoms with Gasteiger partial charge < -0.3 is 35.0 Å². The highest BCUT2D eigenvalue weighted by molar-refractivity contribution is 7.66. The largest absolute Gasteiger partial charge is 0.492 e.